The van der Waals surface area contributed by atoms with E-state index in [9.17, 15) is 0 Å². The second kappa shape index (κ2) is 4.33. The molecule has 1 fully saturated rings. The summed E-state index contributed by atoms with van der Waals surface area (Å²) in [6.07, 6.45) is 4.32. The zero-order valence-corrected chi connectivity index (χ0v) is 8.08. The summed E-state index contributed by atoms with van der Waals surface area (Å²) in [6.45, 7) is 3.55. The lowest BCUT2D eigenvalue weighted by Gasteiger charge is -2.21. The van der Waals surface area contributed by atoms with Crippen molar-refractivity contribution in [3.05, 3.63) is 0 Å². The maximum atomic E-state index is 5.46. The van der Waals surface area contributed by atoms with Crippen molar-refractivity contribution in [1.29, 1.82) is 0 Å². The van der Waals surface area contributed by atoms with Crippen molar-refractivity contribution in [2.75, 3.05) is 25.2 Å². The zero-order valence-electron chi connectivity index (χ0n) is 7.26. The van der Waals surface area contributed by atoms with E-state index in [0.29, 0.717) is 0 Å². The van der Waals surface area contributed by atoms with Gasteiger partial charge in [-0.1, -0.05) is 0 Å². The molecule has 0 bridgehead atoms. The molecular formula is C8H16O2S. The van der Waals surface area contributed by atoms with Crippen LogP contribution in [0.5, 0.6) is 0 Å². The van der Waals surface area contributed by atoms with Crippen LogP contribution in [0.3, 0.4) is 0 Å². The van der Waals surface area contributed by atoms with Gasteiger partial charge >= 0.3 is 0 Å². The van der Waals surface area contributed by atoms with Crippen LogP contribution in [0.2, 0.25) is 0 Å². The molecule has 1 aliphatic heterocycles. The van der Waals surface area contributed by atoms with Gasteiger partial charge in [-0.15, -0.1) is 0 Å². The molecule has 0 aromatic rings. The highest BCUT2D eigenvalue weighted by Gasteiger charge is 2.29. The summed E-state index contributed by atoms with van der Waals surface area (Å²) >= 11 is 1.87. The van der Waals surface area contributed by atoms with Gasteiger partial charge in [-0.2, -0.15) is 11.8 Å². The van der Waals surface area contributed by atoms with Crippen LogP contribution in [0.1, 0.15) is 19.8 Å². The summed E-state index contributed by atoms with van der Waals surface area (Å²) in [5.74, 6) is 0.929. The molecule has 0 aliphatic carbocycles. The Kier molecular flexibility index (Phi) is 3.69. The molecule has 11 heavy (non-hydrogen) atoms. The highest BCUT2D eigenvalue weighted by molar-refractivity contribution is 7.98. The molecule has 1 heterocycles. The molecule has 0 atom stereocenters. The average molecular weight is 176 g/mol. The van der Waals surface area contributed by atoms with Gasteiger partial charge in [0.1, 0.15) is 0 Å². The molecule has 2 nitrogen and oxygen atoms in total. The molecule has 0 saturated carbocycles. The Labute approximate surface area is 72.6 Å². The fourth-order valence-corrected chi connectivity index (χ4v) is 1.67. The number of ether oxygens (including phenoxy) is 2. The molecule has 0 aromatic carbocycles. The van der Waals surface area contributed by atoms with Gasteiger partial charge in [0.25, 0.3) is 0 Å². The van der Waals surface area contributed by atoms with E-state index >= 15 is 0 Å². The normalized spacial score (nSPS) is 22.4. The molecule has 1 aliphatic rings. The van der Waals surface area contributed by atoms with Crippen LogP contribution in [0.4, 0.5) is 0 Å². The highest BCUT2D eigenvalue weighted by Crippen LogP contribution is 2.24. The molecule has 0 spiro atoms. The second-order valence-electron chi connectivity index (χ2n) is 2.93. The van der Waals surface area contributed by atoms with Crippen molar-refractivity contribution in [3.8, 4) is 0 Å². The first-order chi connectivity index (χ1) is 5.27. The van der Waals surface area contributed by atoms with Gasteiger partial charge in [0.15, 0.2) is 5.79 Å². The fourth-order valence-electron chi connectivity index (χ4n) is 1.24. The summed E-state index contributed by atoms with van der Waals surface area (Å²) in [5, 5.41) is 0. The molecule has 0 amide bonds. The minimum atomic E-state index is -0.268. The van der Waals surface area contributed by atoms with Gasteiger partial charge in [0.05, 0.1) is 13.2 Å². The Morgan fingerprint density at radius 3 is 2.55 bits per heavy atom. The first-order valence-corrected chi connectivity index (χ1v) is 5.43. The molecular weight excluding hydrogens is 160 g/mol. The third-order valence-electron chi connectivity index (χ3n) is 1.88. The van der Waals surface area contributed by atoms with Crippen molar-refractivity contribution < 1.29 is 9.47 Å². The van der Waals surface area contributed by atoms with Crippen LogP contribution in [0.25, 0.3) is 0 Å². The molecule has 0 N–H and O–H groups in total. The lowest BCUT2D eigenvalue weighted by atomic mass is 10.2. The smallest absolute Gasteiger partial charge is 0.165 e. The van der Waals surface area contributed by atoms with Crippen LogP contribution in [0, 0.1) is 0 Å². The van der Waals surface area contributed by atoms with Crippen LogP contribution < -0.4 is 0 Å². The van der Waals surface area contributed by atoms with Gasteiger partial charge in [-0.25, -0.2) is 0 Å². The monoisotopic (exact) mass is 176 g/mol. The molecule has 0 radical (unpaired) electrons. The van der Waals surface area contributed by atoms with Crippen LogP contribution in [-0.2, 0) is 9.47 Å². The van der Waals surface area contributed by atoms with Gasteiger partial charge in [0.2, 0.25) is 0 Å². The Morgan fingerprint density at radius 2 is 2.00 bits per heavy atom. The predicted octanol–water partition coefficient (Wildman–Crippen LogP) is 1.89. The molecule has 3 heteroatoms. The maximum absolute atomic E-state index is 5.46. The molecule has 66 valence electrons. The summed E-state index contributed by atoms with van der Waals surface area (Å²) < 4.78 is 10.9. The van der Waals surface area contributed by atoms with E-state index < -0.39 is 0 Å². The Hall–Kier alpha value is 0.270. The quantitative estimate of drug-likeness (QED) is 0.609. The third kappa shape index (κ3) is 3.01. The Morgan fingerprint density at radius 1 is 1.36 bits per heavy atom. The Balaban J connectivity index is 2.13. The van der Waals surface area contributed by atoms with Gasteiger partial charge in [-0.3, -0.25) is 0 Å². The average Bonchev–Trinajstić information content (AvgIpc) is 2.38. The minimum Gasteiger partial charge on any atom is -0.348 e. The molecule has 1 saturated heterocycles. The summed E-state index contributed by atoms with van der Waals surface area (Å²) in [6, 6.07) is 0. The lowest BCUT2D eigenvalue weighted by molar-refractivity contribution is -0.146. The van der Waals surface area contributed by atoms with E-state index in [2.05, 4.69) is 6.26 Å². The van der Waals surface area contributed by atoms with Gasteiger partial charge in [-0.05, 0) is 25.4 Å². The minimum absolute atomic E-state index is 0.268. The highest BCUT2D eigenvalue weighted by atomic mass is 32.2. The van der Waals surface area contributed by atoms with E-state index in [4.69, 9.17) is 9.47 Å². The Bertz CT molecular complexity index is 111. The largest absolute Gasteiger partial charge is 0.348 e. The maximum Gasteiger partial charge on any atom is 0.165 e. The lowest BCUT2D eigenvalue weighted by Crippen LogP contribution is -2.25. The van der Waals surface area contributed by atoms with Crippen molar-refractivity contribution in [2.45, 2.75) is 25.6 Å². The number of hydrogen-bond donors (Lipinski definition) is 0. The van der Waals surface area contributed by atoms with Crippen LogP contribution in [0.15, 0.2) is 0 Å². The standard InChI is InChI=1S/C8H16O2S/c1-8(4-3-7-11-2)9-5-6-10-8/h3-7H2,1-2H3. The van der Waals surface area contributed by atoms with Crippen molar-refractivity contribution in [2.24, 2.45) is 0 Å². The number of hydrogen-bond acceptors (Lipinski definition) is 3. The summed E-state index contributed by atoms with van der Waals surface area (Å²) in [4.78, 5) is 0. The second-order valence-corrected chi connectivity index (χ2v) is 3.91. The fraction of sp³-hybridized carbons (Fsp3) is 1.00. The van der Waals surface area contributed by atoms with Crippen molar-refractivity contribution in [3.63, 3.8) is 0 Å². The SMILES string of the molecule is CSCCCC1(C)OCCO1. The summed E-state index contributed by atoms with van der Waals surface area (Å²) in [5.41, 5.74) is 0. The van der Waals surface area contributed by atoms with E-state index in [1.54, 1.807) is 0 Å². The zero-order chi connectivity index (χ0) is 8.16. The van der Waals surface area contributed by atoms with Gasteiger partial charge in [0, 0.05) is 6.42 Å². The van der Waals surface area contributed by atoms with Crippen molar-refractivity contribution >= 4 is 11.8 Å². The first kappa shape index (κ1) is 9.36. The van der Waals surface area contributed by atoms with E-state index in [-0.39, 0.29) is 5.79 Å². The number of rotatable bonds is 4. The number of thioether (sulfide) groups is 1. The topological polar surface area (TPSA) is 18.5 Å². The molecule has 0 unspecified atom stereocenters. The van der Waals surface area contributed by atoms with E-state index in [1.165, 1.54) is 12.2 Å². The predicted molar refractivity (Wildman–Crippen MR) is 47.9 cm³/mol. The molecule has 0 aromatic heterocycles. The van der Waals surface area contributed by atoms with Crippen LogP contribution >= 0.6 is 11.8 Å². The summed E-state index contributed by atoms with van der Waals surface area (Å²) in [7, 11) is 0. The van der Waals surface area contributed by atoms with E-state index in [1.807, 2.05) is 18.7 Å². The third-order valence-corrected chi connectivity index (χ3v) is 2.57. The van der Waals surface area contributed by atoms with Gasteiger partial charge < -0.3 is 9.47 Å². The first-order valence-electron chi connectivity index (χ1n) is 4.04. The van der Waals surface area contributed by atoms with E-state index in [0.717, 1.165) is 19.6 Å². The van der Waals surface area contributed by atoms with Crippen LogP contribution in [-0.4, -0.2) is 31.0 Å². The van der Waals surface area contributed by atoms with Crippen molar-refractivity contribution in [1.82, 2.24) is 0 Å². The molecule has 1 rings (SSSR count).